The van der Waals surface area contributed by atoms with Gasteiger partial charge in [-0.15, -0.1) is 0 Å². The zero-order chi connectivity index (χ0) is 14.4. The Bertz CT molecular complexity index is 709. The largest absolute Gasteiger partial charge is 0.311 e. The molecule has 2 aromatic rings. The van der Waals surface area contributed by atoms with Gasteiger partial charge >= 0.3 is 0 Å². The number of hydrogen-bond donors (Lipinski definition) is 1. The normalized spacial score (nSPS) is 17.8. The molecule has 104 valence electrons. The first-order valence-electron chi connectivity index (χ1n) is 6.25. The Balaban J connectivity index is 2.18. The van der Waals surface area contributed by atoms with Crippen LogP contribution in [0.2, 0.25) is 0 Å². The molecule has 4 nitrogen and oxygen atoms in total. The quantitative estimate of drug-likeness (QED) is 0.870. The Morgan fingerprint density at radius 2 is 2.15 bits per heavy atom. The molecule has 1 atom stereocenters. The van der Waals surface area contributed by atoms with Crippen LogP contribution in [-0.4, -0.2) is 15.7 Å². The number of anilines is 1. The first-order valence-corrected chi connectivity index (χ1v) is 6.25. The molecule has 0 bridgehead atoms. The zero-order valence-corrected chi connectivity index (χ0v) is 11.1. The molecule has 20 heavy (non-hydrogen) atoms. The van der Waals surface area contributed by atoms with E-state index in [4.69, 9.17) is 0 Å². The van der Waals surface area contributed by atoms with E-state index < -0.39 is 17.6 Å². The van der Waals surface area contributed by atoms with Crippen LogP contribution >= 0.6 is 0 Å². The van der Waals surface area contributed by atoms with Crippen LogP contribution in [-0.2, 0) is 11.8 Å². The van der Waals surface area contributed by atoms with E-state index in [0.717, 1.165) is 17.3 Å². The third-order valence-electron chi connectivity index (χ3n) is 3.60. The highest BCUT2D eigenvalue weighted by Crippen LogP contribution is 2.39. The van der Waals surface area contributed by atoms with Gasteiger partial charge in [-0.2, -0.15) is 5.10 Å². The highest BCUT2D eigenvalue weighted by Gasteiger charge is 2.32. The second-order valence-electron chi connectivity index (χ2n) is 4.94. The number of aryl methyl sites for hydroxylation is 2. The summed E-state index contributed by atoms with van der Waals surface area (Å²) in [6.07, 6.45) is 0.127. The average molecular weight is 277 g/mol. The summed E-state index contributed by atoms with van der Waals surface area (Å²) >= 11 is 0. The fourth-order valence-corrected chi connectivity index (χ4v) is 2.76. The van der Waals surface area contributed by atoms with Gasteiger partial charge in [0.2, 0.25) is 5.91 Å². The number of benzene rings is 1. The Morgan fingerprint density at radius 3 is 2.85 bits per heavy atom. The maximum atomic E-state index is 14.0. The second kappa shape index (κ2) is 4.40. The minimum absolute atomic E-state index is 0.127. The molecule has 1 aliphatic rings. The molecule has 3 rings (SSSR count). The summed E-state index contributed by atoms with van der Waals surface area (Å²) in [6, 6.07) is 3.44. The van der Waals surface area contributed by atoms with Gasteiger partial charge in [0.15, 0.2) is 0 Å². The minimum Gasteiger partial charge on any atom is -0.311 e. The lowest BCUT2D eigenvalue weighted by Crippen LogP contribution is -2.25. The Kier molecular flexibility index (Phi) is 2.81. The van der Waals surface area contributed by atoms with Gasteiger partial charge < -0.3 is 5.32 Å². The molecule has 0 fully saturated rings. The van der Waals surface area contributed by atoms with Crippen molar-refractivity contribution < 1.29 is 13.6 Å². The number of rotatable bonds is 1. The number of nitrogens with zero attached hydrogens (tertiary/aromatic N) is 2. The van der Waals surface area contributed by atoms with Crippen LogP contribution in [0.4, 0.5) is 14.6 Å². The minimum atomic E-state index is -0.640. The van der Waals surface area contributed by atoms with Gasteiger partial charge in [-0.1, -0.05) is 6.07 Å². The van der Waals surface area contributed by atoms with Crippen molar-refractivity contribution in [3.05, 3.63) is 46.7 Å². The van der Waals surface area contributed by atoms with Crippen molar-refractivity contribution in [1.29, 1.82) is 0 Å². The standard InChI is InChI=1S/C14H13F2N3O/c1-7-13-10(9-4-3-8(15)5-11(9)16)6-12(20)17-14(13)19(2)18-7/h3-5,10H,6H2,1-2H3,(H,17,20)/t10-/m1/s1. The number of amides is 1. The predicted molar refractivity (Wildman–Crippen MR) is 69.4 cm³/mol. The van der Waals surface area contributed by atoms with E-state index in [-0.39, 0.29) is 12.3 Å². The van der Waals surface area contributed by atoms with E-state index in [0.29, 0.717) is 11.4 Å². The molecule has 1 aromatic heterocycles. The molecular weight excluding hydrogens is 264 g/mol. The van der Waals surface area contributed by atoms with Crippen LogP contribution in [0.5, 0.6) is 0 Å². The van der Waals surface area contributed by atoms with Crippen molar-refractivity contribution in [2.45, 2.75) is 19.3 Å². The molecule has 1 amide bonds. The molecule has 0 aliphatic carbocycles. The van der Waals surface area contributed by atoms with Gasteiger partial charge in [0.25, 0.3) is 0 Å². The van der Waals surface area contributed by atoms with Crippen molar-refractivity contribution in [3.63, 3.8) is 0 Å². The summed E-state index contributed by atoms with van der Waals surface area (Å²) in [5, 5.41) is 7.00. The summed E-state index contributed by atoms with van der Waals surface area (Å²) < 4.78 is 28.6. The van der Waals surface area contributed by atoms with E-state index >= 15 is 0 Å². The lowest BCUT2D eigenvalue weighted by Gasteiger charge is -2.24. The average Bonchev–Trinajstić information content (AvgIpc) is 2.64. The van der Waals surface area contributed by atoms with Crippen molar-refractivity contribution in [2.75, 3.05) is 5.32 Å². The first kappa shape index (κ1) is 12.8. The van der Waals surface area contributed by atoms with Crippen molar-refractivity contribution in [3.8, 4) is 0 Å². The summed E-state index contributed by atoms with van der Waals surface area (Å²) in [7, 11) is 1.72. The summed E-state index contributed by atoms with van der Waals surface area (Å²) in [4.78, 5) is 11.8. The van der Waals surface area contributed by atoms with Crippen LogP contribution in [0.1, 0.15) is 29.2 Å². The van der Waals surface area contributed by atoms with Gasteiger partial charge in [-0.05, 0) is 18.6 Å². The number of aromatic nitrogens is 2. The Hall–Kier alpha value is -2.24. The van der Waals surface area contributed by atoms with E-state index in [9.17, 15) is 13.6 Å². The van der Waals surface area contributed by atoms with Crippen LogP contribution in [0.25, 0.3) is 0 Å². The number of fused-ring (bicyclic) bond motifs is 1. The maximum absolute atomic E-state index is 14.0. The van der Waals surface area contributed by atoms with Crippen LogP contribution in [0.3, 0.4) is 0 Å². The fraction of sp³-hybridized carbons (Fsp3) is 0.286. The number of carbonyl (C=O) groups is 1. The van der Waals surface area contributed by atoms with Crippen LogP contribution in [0, 0.1) is 18.6 Å². The number of carbonyl (C=O) groups excluding carboxylic acids is 1. The molecule has 0 saturated carbocycles. The van der Waals surface area contributed by atoms with Gasteiger partial charge in [0, 0.05) is 31.0 Å². The van der Waals surface area contributed by atoms with Gasteiger partial charge in [-0.25, -0.2) is 8.78 Å². The van der Waals surface area contributed by atoms with Crippen molar-refractivity contribution in [1.82, 2.24) is 9.78 Å². The molecular formula is C14H13F2N3O. The topological polar surface area (TPSA) is 46.9 Å². The van der Waals surface area contributed by atoms with Crippen LogP contribution in [0.15, 0.2) is 18.2 Å². The third kappa shape index (κ3) is 1.88. The second-order valence-corrected chi connectivity index (χ2v) is 4.94. The smallest absolute Gasteiger partial charge is 0.226 e. The molecule has 1 aromatic carbocycles. The monoisotopic (exact) mass is 277 g/mol. The molecule has 6 heteroatoms. The summed E-state index contributed by atoms with van der Waals surface area (Å²) in [5.74, 6) is -1.33. The van der Waals surface area contributed by atoms with Crippen molar-refractivity contribution >= 4 is 11.7 Å². The van der Waals surface area contributed by atoms with Crippen molar-refractivity contribution in [2.24, 2.45) is 7.05 Å². The van der Waals surface area contributed by atoms with Gasteiger partial charge in [0.1, 0.15) is 17.5 Å². The molecule has 1 aliphatic heterocycles. The fourth-order valence-electron chi connectivity index (χ4n) is 2.76. The molecule has 0 saturated heterocycles. The van der Waals surface area contributed by atoms with Gasteiger partial charge in [-0.3, -0.25) is 9.48 Å². The maximum Gasteiger partial charge on any atom is 0.226 e. The first-order chi connectivity index (χ1) is 9.47. The van der Waals surface area contributed by atoms with E-state index in [1.165, 1.54) is 12.1 Å². The van der Waals surface area contributed by atoms with Crippen LogP contribution < -0.4 is 5.32 Å². The number of nitrogens with one attached hydrogen (secondary N) is 1. The molecule has 1 N–H and O–H groups in total. The lowest BCUT2D eigenvalue weighted by atomic mass is 9.85. The lowest BCUT2D eigenvalue weighted by molar-refractivity contribution is -0.116. The molecule has 2 heterocycles. The molecule has 0 radical (unpaired) electrons. The third-order valence-corrected chi connectivity index (χ3v) is 3.60. The number of halogens is 2. The molecule has 0 spiro atoms. The van der Waals surface area contributed by atoms with E-state index in [2.05, 4.69) is 10.4 Å². The molecule has 0 unspecified atom stereocenters. The summed E-state index contributed by atoms with van der Waals surface area (Å²) in [5.41, 5.74) is 1.84. The summed E-state index contributed by atoms with van der Waals surface area (Å²) in [6.45, 7) is 1.81. The predicted octanol–water partition coefficient (Wildman–Crippen LogP) is 2.48. The highest BCUT2D eigenvalue weighted by molar-refractivity contribution is 5.94. The highest BCUT2D eigenvalue weighted by atomic mass is 19.1. The van der Waals surface area contributed by atoms with E-state index in [1.807, 2.05) is 6.92 Å². The van der Waals surface area contributed by atoms with Gasteiger partial charge in [0.05, 0.1) is 5.69 Å². The van der Waals surface area contributed by atoms with E-state index in [1.54, 1.807) is 11.7 Å². The Morgan fingerprint density at radius 1 is 1.40 bits per heavy atom. The zero-order valence-electron chi connectivity index (χ0n) is 11.1. The SMILES string of the molecule is Cc1nn(C)c2c1[C@@H](c1ccc(F)cc1F)CC(=O)N2. The Labute approximate surface area is 114 Å². The number of hydrogen-bond acceptors (Lipinski definition) is 2.